The van der Waals surface area contributed by atoms with Crippen molar-refractivity contribution < 1.29 is 4.74 Å². The summed E-state index contributed by atoms with van der Waals surface area (Å²) >= 11 is 0. The molecule has 0 amide bonds. The van der Waals surface area contributed by atoms with Gasteiger partial charge in [-0.15, -0.1) is 0 Å². The first kappa shape index (κ1) is 13.9. The van der Waals surface area contributed by atoms with Gasteiger partial charge in [-0.2, -0.15) is 0 Å². The summed E-state index contributed by atoms with van der Waals surface area (Å²) in [7, 11) is 4.20. The molecular formula is C13H28N2O. The van der Waals surface area contributed by atoms with Gasteiger partial charge in [0.25, 0.3) is 0 Å². The summed E-state index contributed by atoms with van der Waals surface area (Å²) in [6.45, 7) is 8.88. The van der Waals surface area contributed by atoms with Crippen molar-refractivity contribution >= 4 is 0 Å². The van der Waals surface area contributed by atoms with Gasteiger partial charge in [-0.1, -0.05) is 6.92 Å². The van der Waals surface area contributed by atoms with E-state index in [2.05, 4.69) is 38.0 Å². The third-order valence-electron chi connectivity index (χ3n) is 4.00. The number of nitrogens with one attached hydrogen (secondary N) is 1. The second-order valence-corrected chi connectivity index (χ2v) is 5.56. The maximum atomic E-state index is 6.01. The molecule has 1 fully saturated rings. The molecule has 1 rings (SSSR count). The summed E-state index contributed by atoms with van der Waals surface area (Å²) in [5.41, 5.74) is 0.282. The van der Waals surface area contributed by atoms with Crippen molar-refractivity contribution in [1.82, 2.24) is 10.2 Å². The Morgan fingerprint density at radius 2 is 1.94 bits per heavy atom. The summed E-state index contributed by atoms with van der Waals surface area (Å²) in [5.74, 6) is 0. The molecule has 2 atom stereocenters. The Balaban J connectivity index is 2.33. The van der Waals surface area contributed by atoms with Crippen LogP contribution in [0.4, 0.5) is 0 Å². The van der Waals surface area contributed by atoms with Crippen LogP contribution in [0.3, 0.4) is 0 Å². The Morgan fingerprint density at radius 1 is 1.31 bits per heavy atom. The standard InChI is InChI=1S/C13H28N2O/c1-6-13(2,3)15(5)10-12-8-7-11(16-12)9-14-4/h11-12,14H,6-10H2,1-5H3. The van der Waals surface area contributed by atoms with E-state index in [1.165, 1.54) is 19.3 Å². The van der Waals surface area contributed by atoms with Crippen LogP contribution in [0, 0.1) is 0 Å². The van der Waals surface area contributed by atoms with Gasteiger partial charge in [-0.3, -0.25) is 4.90 Å². The van der Waals surface area contributed by atoms with Gasteiger partial charge < -0.3 is 10.1 Å². The van der Waals surface area contributed by atoms with E-state index in [1.54, 1.807) is 0 Å². The highest BCUT2D eigenvalue weighted by Crippen LogP contribution is 2.23. The van der Waals surface area contributed by atoms with Crippen molar-refractivity contribution in [2.75, 3.05) is 27.2 Å². The minimum atomic E-state index is 0.282. The van der Waals surface area contributed by atoms with Crippen molar-refractivity contribution in [3.63, 3.8) is 0 Å². The van der Waals surface area contributed by atoms with E-state index in [-0.39, 0.29) is 5.54 Å². The highest BCUT2D eigenvalue weighted by atomic mass is 16.5. The SMILES string of the molecule is CCC(C)(C)N(C)CC1CCC(CNC)O1. The molecule has 0 spiro atoms. The summed E-state index contributed by atoms with van der Waals surface area (Å²) in [6.07, 6.45) is 4.43. The number of hydrogen-bond donors (Lipinski definition) is 1. The fourth-order valence-corrected chi connectivity index (χ4v) is 2.11. The predicted molar refractivity (Wildman–Crippen MR) is 68.8 cm³/mol. The van der Waals surface area contributed by atoms with E-state index in [4.69, 9.17) is 4.74 Å². The topological polar surface area (TPSA) is 24.5 Å². The third kappa shape index (κ3) is 3.72. The van der Waals surface area contributed by atoms with Crippen LogP contribution < -0.4 is 5.32 Å². The van der Waals surface area contributed by atoms with Gasteiger partial charge in [-0.05, 0) is 47.2 Å². The quantitative estimate of drug-likeness (QED) is 0.751. The Bertz CT molecular complexity index is 206. The molecule has 0 aromatic heterocycles. The molecule has 0 radical (unpaired) electrons. The number of likely N-dealkylation sites (N-methyl/N-ethyl adjacent to an activating group) is 2. The van der Waals surface area contributed by atoms with Crippen molar-refractivity contribution in [2.24, 2.45) is 0 Å². The van der Waals surface area contributed by atoms with Crippen LogP contribution >= 0.6 is 0 Å². The zero-order valence-corrected chi connectivity index (χ0v) is 11.5. The predicted octanol–water partition coefficient (Wildman–Crippen LogP) is 1.87. The van der Waals surface area contributed by atoms with Crippen molar-refractivity contribution in [3.05, 3.63) is 0 Å². The van der Waals surface area contributed by atoms with Gasteiger partial charge in [0, 0.05) is 18.6 Å². The minimum Gasteiger partial charge on any atom is -0.372 e. The second-order valence-electron chi connectivity index (χ2n) is 5.56. The van der Waals surface area contributed by atoms with E-state index >= 15 is 0 Å². The fraction of sp³-hybridized carbons (Fsp3) is 1.00. The van der Waals surface area contributed by atoms with E-state index in [0.29, 0.717) is 12.2 Å². The molecule has 1 saturated heterocycles. The maximum absolute atomic E-state index is 6.01. The van der Waals surface area contributed by atoms with Crippen LogP contribution in [0.2, 0.25) is 0 Å². The average Bonchev–Trinajstić information content (AvgIpc) is 2.66. The van der Waals surface area contributed by atoms with E-state index in [9.17, 15) is 0 Å². The molecule has 0 bridgehead atoms. The molecule has 2 unspecified atom stereocenters. The first-order valence-electron chi connectivity index (χ1n) is 6.51. The summed E-state index contributed by atoms with van der Waals surface area (Å²) < 4.78 is 6.01. The molecule has 1 heterocycles. The Kier molecular flexibility index (Phi) is 5.22. The lowest BCUT2D eigenvalue weighted by Crippen LogP contribution is -2.44. The van der Waals surface area contributed by atoms with E-state index < -0.39 is 0 Å². The molecule has 3 nitrogen and oxygen atoms in total. The molecule has 1 aliphatic rings. The van der Waals surface area contributed by atoms with Crippen molar-refractivity contribution in [3.8, 4) is 0 Å². The zero-order valence-electron chi connectivity index (χ0n) is 11.5. The first-order chi connectivity index (χ1) is 7.49. The molecule has 0 saturated carbocycles. The van der Waals surface area contributed by atoms with Gasteiger partial charge in [0.15, 0.2) is 0 Å². The average molecular weight is 228 g/mol. The first-order valence-corrected chi connectivity index (χ1v) is 6.51. The maximum Gasteiger partial charge on any atom is 0.0707 e. The van der Waals surface area contributed by atoms with Crippen molar-refractivity contribution in [2.45, 2.75) is 57.8 Å². The molecule has 0 aromatic rings. The van der Waals surface area contributed by atoms with Crippen LogP contribution in [0.5, 0.6) is 0 Å². The molecule has 96 valence electrons. The van der Waals surface area contributed by atoms with E-state index in [0.717, 1.165) is 13.1 Å². The number of nitrogens with zero attached hydrogens (tertiary/aromatic N) is 1. The Hall–Kier alpha value is -0.120. The normalized spacial score (nSPS) is 26.6. The number of hydrogen-bond acceptors (Lipinski definition) is 3. The van der Waals surface area contributed by atoms with E-state index in [1.807, 2.05) is 7.05 Å². The fourth-order valence-electron chi connectivity index (χ4n) is 2.11. The second kappa shape index (κ2) is 5.99. The Morgan fingerprint density at radius 3 is 2.50 bits per heavy atom. The largest absolute Gasteiger partial charge is 0.372 e. The highest BCUT2D eigenvalue weighted by molar-refractivity contribution is 4.83. The molecule has 1 aliphatic heterocycles. The third-order valence-corrected chi connectivity index (χ3v) is 4.00. The highest BCUT2D eigenvalue weighted by Gasteiger charge is 2.29. The van der Waals surface area contributed by atoms with Crippen LogP contribution in [0.15, 0.2) is 0 Å². The van der Waals surface area contributed by atoms with Gasteiger partial charge in [0.2, 0.25) is 0 Å². The number of rotatable bonds is 6. The molecule has 3 heteroatoms. The van der Waals surface area contributed by atoms with Gasteiger partial charge in [0.05, 0.1) is 12.2 Å². The lowest BCUT2D eigenvalue weighted by atomic mass is 9.99. The molecule has 0 aliphatic carbocycles. The van der Waals surface area contributed by atoms with Gasteiger partial charge >= 0.3 is 0 Å². The lowest BCUT2D eigenvalue weighted by Gasteiger charge is -2.36. The summed E-state index contributed by atoms with van der Waals surface area (Å²) in [6, 6.07) is 0. The Labute approximate surface area is 101 Å². The summed E-state index contributed by atoms with van der Waals surface area (Å²) in [5, 5.41) is 3.19. The lowest BCUT2D eigenvalue weighted by molar-refractivity contribution is 0.00860. The summed E-state index contributed by atoms with van der Waals surface area (Å²) in [4.78, 5) is 2.43. The van der Waals surface area contributed by atoms with Gasteiger partial charge in [-0.25, -0.2) is 0 Å². The van der Waals surface area contributed by atoms with Crippen LogP contribution in [-0.4, -0.2) is 49.8 Å². The molecule has 1 N–H and O–H groups in total. The van der Waals surface area contributed by atoms with Crippen LogP contribution in [-0.2, 0) is 4.74 Å². The molecule has 0 aromatic carbocycles. The monoisotopic (exact) mass is 228 g/mol. The van der Waals surface area contributed by atoms with Crippen molar-refractivity contribution in [1.29, 1.82) is 0 Å². The number of ether oxygens (including phenoxy) is 1. The smallest absolute Gasteiger partial charge is 0.0707 e. The van der Waals surface area contributed by atoms with Crippen LogP contribution in [0.25, 0.3) is 0 Å². The molecular weight excluding hydrogens is 200 g/mol. The van der Waals surface area contributed by atoms with Gasteiger partial charge in [0.1, 0.15) is 0 Å². The zero-order chi connectivity index (χ0) is 12.2. The molecule has 16 heavy (non-hydrogen) atoms. The minimum absolute atomic E-state index is 0.282. The van der Waals surface area contributed by atoms with Crippen LogP contribution in [0.1, 0.15) is 40.0 Å².